The van der Waals surface area contributed by atoms with Gasteiger partial charge in [-0.1, -0.05) is 6.42 Å². The molecule has 1 amide bonds. The highest BCUT2D eigenvalue weighted by molar-refractivity contribution is 5.81. The van der Waals surface area contributed by atoms with E-state index in [1.54, 1.807) is 0 Å². The molecule has 0 radical (unpaired) electrons. The molecule has 1 atom stereocenters. The predicted octanol–water partition coefficient (Wildman–Crippen LogP) is 0.671. The van der Waals surface area contributed by atoms with Crippen LogP contribution in [-0.4, -0.2) is 38.3 Å². The van der Waals surface area contributed by atoms with Crippen molar-refractivity contribution in [3.63, 3.8) is 0 Å². The van der Waals surface area contributed by atoms with Crippen LogP contribution in [0.3, 0.4) is 0 Å². The topological polar surface area (TPSA) is 50.4 Å². The second-order valence-electron chi connectivity index (χ2n) is 4.81. The third kappa shape index (κ3) is 4.10. The van der Waals surface area contributed by atoms with Gasteiger partial charge in [-0.25, -0.2) is 0 Å². The summed E-state index contributed by atoms with van der Waals surface area (Å²) in [6, 6.07) is 0.0252. The molecular formula is C12H22N2O2. The molecule has 4 heteroatoms. The Morgan fingerprint density at radius 3 is 2.88 bits per heavy atom. The summed E-state index contributed by atoms with van der Waals surface area (Å²) >= 11 is 0. The van der Waals surface area contributed by atoms with Crippen LogP contribution in [0, 0.1) is 5.92 Å². The van der Waals surface area contributed by atoms with Gasteiger partial charge in [-0.2, -0.15) is 0 Å². The van der Waals surface area contributed by atoms with Gasteiger partial charge in [0.1, 0.15) is 0 Å². The highest BCUT2D eigenvalue weighted by Crippen LogP contribution is 2.28. The molecule has 0 bridgehead atoms. The minimum atomic E-state index is 0.0252. The van der Waals surface area contributed by atoms with E-state index in [1.165, 1.54) is 19.3 Å². The number of carbonyl (C=O) groups excluding carboxylic acids is 1. The van der Waals surface area contributed by atoms with Crippen LogP contribution in [0.1, 0.15) is 32.1 Å². The molecule has 1 unspecified atom stereocenters. The van der Waals surface area contributed by atoms with Crippen molar-refractivity contribution in [2.24, 2.45) is 5.92 Å². The Hall–Kier alpha value is -0.610. The number of carbonyl (C=O) groups is 1. The Morgan fingerprint density at radius 2 is 2.19 bits per heavy atom. The third-order valence-corrected chi connectivity index (χ3v) is 3.22. The molecule has 0 aromatic heterocycles. The first-order valence-corrected chi connectivity index (χ1v) is 6.45. The van der Waals surface area contributed by atoms with Crippen LogP contribution in [0.25, 0.3) is 0 Å². The van der Waals surface area contributed by atoms with Crippen molar-refractivity contribution in [2.45, 2.75) is 38.1 Å². The van der Waals surface area contributed by atoms with Gasteiger partial charge in [0, 0.05) is 13.2 Å². The van der Waals surface area contributed by atoms with E-state index in [4.69, 9.17) is 4.74 Å². The van der Waals surface area contributed by atoms with Gasteiger partial charge >= 0.3 is 0 Å². The van der Waals surface area contributed by atoms with Crippen molar-refractivity contribution in [3.8, 4) is 0 Å². The van der Waals surface area contributed by atoms with Gasteiger partial charge in [0.25, 0.3) is 0 Å². The van der Waals surface area contributed by atoms with E-state index in [0.29, 0.717) is 13.2 Å². The van der Waals surface area contributed by atoms with E-state index in [9.17, 15) is 4.79 Å². The van der Waals surface area contributed by atoms with Crippen molar-refractivity contribution < 1.29 is 9.53 Å². The van der Waals surface area contributed by atoms with E-state index in [1.807, 2.05) is 0 Å². The molecule has 2 rings (SSSR count). The molecule has 1 aliphatic heterocycles. The lowest BCUT2D eigenvalue weighted by Crippen LogP contribution is -2.47. The SMILES string of the molecule is O=C(NCCOCC1CC1)C1CCCCN1. The molecule has 92 valence electrons. The number of piperidine rings is 1. The number of hydrogen-bond acceptors (Lipinski definition) is 3. The van der Waals surface area contributed by atoms with Crippen LogP contribution in [0.15, 0.2) is 0 Å². The average Bonchev–Trinajstić information content (AvgIpc) is 3.13. The molecule has 2 fully saturated rings. The van der Waals surface area contributed by atoms with Crippen molar-refractivity contribution in [1.29, 1.82) is 0 Å². The van der Waals surface area contributed by atoms with Gasteiger partial charge in [0.05, 0.1) is 12.6 Å². The largest absolute Gasteiger partial charge is 0.379 e. The smallest absolute Gasteiger partial charge is 0.237 e. The van der Waals surface area contributed by atoms with Gasteiger partial charge in [0.2, 0.25) is 5.91 Å². The first-order chi connectivity index (χ1) is 7.86. The minimum absolute atomic E-state index is 0.0252. The Labute approximate surface area is 97.1 Å². The molecule has 1 saturated carbocycles. The number of rotatable bonds is 6. The molecule has 1 heterocycles. The number of amides is 1. The Balaban J connectivity index is 1.48. The summed E-state index contributed by atoms with van der Waals surface area (Å²) in [7, 11) is 0. The quantitative estimate of drug-likeness (QED) is 0.655. The first kappa shape index (κ1) is 11.9. The Kier molecular flexibility index (Phi) is 4.60. The molecule has 16 heavy (non-hydrogen) atoms. The third-order valence-electron chi connectivity index (χ3n) is 3.22. The summed E-state index contributed by atoms with van der Waals surface area (Å²) in [5.41, 5.74) is 0. The average molecular weight is 226 g/mol. The number of hydrogen-bond donors (Lipinski definition) is 2. The van der Waals surface area contributed by atoms with E-state index in [-0.39, 0.29) is 11.9 Å². The number of nitrogens with one attached hydrogen (secondary N) is 2. The standard InChI is InChI=1S/C12H22N2O2/c15-12(11-3-1-2-6-13-11)14-7-8-16-9-10-4-5-10/h10-11,13H,1-9H2,(H,14,15). The molecule has 4 nitrogen and oxygen atoms in total. The Morgan fingerprint density at radius 1 is 1.31 bits per heavy atom. The van der Waals surface area contributed by atoms with E-state index >= 15 is 0 Å². The van der Waals surface area contributed by atoms with Crippen molar-refractivity contribution in [2.75, 3.05) is 26.3 Å². The van der Waals surface area contributed by atoms with Gasteiger partial charge in [-0.3, -0.25) is 4.79 Å². The zero-order valence-electron chi connectivity index (χ0n) is 9.84. The Bertz CT molecular complexity index is 223. The van der Waals surface area contributed by atoms with Crippen LogP contribution in [0.2, 0.25) is 0 Å². The summed E-state index contributed by atoms with van der Waals surface area (Å²) in [6.07, 6.45) is 5.95. The fraction of sp³-hybridized carbons (Fsp3) is 0.917. The molecule has 0 aromatic carbocycles. The number of ether oxygens (including phenoxy) is 1. The molecule has 0 spiro atoms. The minimum Gasteiger partial charge on any atom is -0.379 e. The lowest BCUT2D eigenvalue weighted by Gasteiger charge is -2.22. The summed E-state index contributed by atoms with van der Waals surface area (Å²) < 4.78 is 5.46. The summed E-state index contributed by atoms with van der Waals surface area (Å²) in [5, 5.41) is 6.16. The molecule has 1 saturated heterocycles. The van der Waals surface area contributed by atoms with Crippen LogP contribution in [-0.2, 0) is 9.53 Å². The first-order valence-electron chi connectivity index (χ1n) is 6.45. The second kappa shape index (κ2) is 6.21. The normalized spacial score (nSPS) is 25.4. The summed E-state index contributed by atoms with van der Waals surface area (Å²) in [4.78, 5) is 11.7. The fourth-order valence-electron chi connectivity index (χ4n) is 1.98. The van der Waals surface area contributed by atoms with E-state index in [2.05, 4.69) is 10.6 Å². The van der Waals surface area contributed by atoms with E-state index in [0.717, 1.165) is 31.9 Å². The van der Waals surface area contributed by atoms with Crippen molar-refractivity contribution in [3.05, 3.63) is 0 Å². The maximum Gasteiger partial charge on any atom is 0.237 e. The molecular weight excluding hydrogens is 204 g/mol. The van der Waals surface area contributed by atoms with Crippen molar-refractivity contribution >= 4 is 5.91 Å². The monoisotopic (exact) mass is 226 g/mol. The highest BCUT2D eigenvalue weighted by Gasteiger charge is 2.21. The molecule has 1 aliphatic carbocycles. The fourth-order valence-corrected chi connectivity index (χ4v) is 1.98. The van der Waals surface area contributed by atoms with Gasteiger partial charge < -0.3 is 15.4 Å². The van der Waals surface area contributed by atoms with Crippen LogP contribution < -0.4 is 10.6 Å². The van der Waals surface area contributed by atoms with E-state index < -0.39 is 0 Å². The van der Waals surface area contributed by atoms with Crippen LogP contribution in [0.4, 0.5) is 0 Å². The van der Waals surface area contributed by atoms with Crippen LogP contribution >= 0.6 is 0 Å². The molecule has 2 N–H and O–H groups in total. The van der Waals surface area contributed by atoms with Gasteiger partial charge in [0.15, 0.2) is 0 Å². The van der Waals surface area contributed by atoms with Crippen LogP contribution in [0.5, 0.6) is 0 Å². The zero-order chi connectivity index (χ0) is 11.2. The van der Waals surface area contributed by atoms with Gasteiger partial charge in [-0.15, -0.1) is 0 Å². The molecule has 2 aliphatic rings. The lowest BCUT2D eigenvalue weighted by molar-refractivity contribution is -0.123. The van der Waals surface area contributed by atoms with Gasteiger partial charge in [-0.05, 0) is 38.1 Å². The second-order valence-corrected chi connectivity index (χ2v) is 4.81. The van der Waals surface area contributed by atoms with Crippen molar-refractivity contribution in [1.82, 2.24) is 10.6 Å². The zero-order valence-corrected chi connectivity index (χ0v) is 9.84. The molecule has 0 aromatic rings. The highest BCUT2D eigenvalue weighted by atomic mass is 16.5. The summed E-state index contributed by atoms with van der Waals surface area (Å²) in [6.45, 7) is 3.13. The lowest BCUT2D eigenvalue weighted by atomic mass is 10.0. The summed E-state index contributed by atoms with van der Waals surface area (Å²) in [5.74, 6) is 0.936. The maximum absolute atomic E-state index is 11.7. The maximum atomic E-state index is 11.7. The predicted molar refractivity (Wildman–Crippen MR) is 62.2 cm³/mol.